The zero-order chi connectivity index (χ0) is 19.5. The molecule has 1 aliphatic heterocycles. The number of aromatic nitrogens is 3. The second-order valence-electron chi connectivity index (χ2n) is 6.73. The number of rotatable bonds is 6. The Bertz CT molecular complexity index is 1020. The molecule has 2 amide bonds. The Morgan fingerprint density at radius 3 is 2.82 bits per heavy atom. The van der Waals surface area contributed by atoms with Crippen LogP contribution in [0.5, 0.6) is 0 Å². The van der Waals surface area contributed by atoms with Gasteiger partial charge in [0.2, 0.25) is 5.91 Å². The highest BCUT2D eigenvalue weighted by molar-refractivity contribution is 5.93. The lowest BCUT2D eigenvalue weighted by Crippen LogP contribution is -2.30. The number of halogens is 1. The van der Waals surface area contributed by atoms with Crippen molar-refractivity contribution in [3.05, 3.63) is 54.4 Å². The maximum Gasteiger partial charge on any atom is 0.271 e. The predicted molar refractivity (Wildman–Crippen MR) is 101 cm³/mol. The second-order valence-corrected chi connectivity index (χ2v) is 6.73. The van der Waals surface area contributed by atoms with E-state index in [1.54, 1.807) is 35.1 Å². The molecular weight excluding hydrogens is 361 g/mol. The van der Waals surface area contributed by atoms with Gasteiger partial charge in [-0.2, -0.15) is 0 Å². The summed E-state index contributed by atoms with van der Waals surface area (Å²) in [5.74, 6) is -0.413. The Hall–Kier alpha value is -3.29. The van der Waals surface area contributed by atoms with E-state index >= 15 is 0 Å². The van der Waals surface area contributed by atoms with E-state index < -0.39 is 0 Å². The van der Waals surface area contributed by atoms with E-state index in [1.165, 1.54) is 12.1 Å². The summed E-state index contributed by atoms with van der Waals surface area (Å²) in [6.07, 6.45) is 7.21. The quantitative estimate of drug-likeness (QED) is 0.665. The van der Waals surface area contributed by atoms with Crippen LogP contribution in [0.25, 0.3) is 16.9 Å². The molecule has 0 bridgehead atoms. The van der Waals surface area contributed by atoms with Crippen LogP contribution in [-0.2, 0) is 4.79 Å². The summed E-state index contributed by atoms with van der Waals surface area (Å²) in [5, 5.41) is 2.84. The van der Waals surface area contributed by atoms with E-state index in [1.807, 2.05) is 4.90 Å². The van der Waals surface area contributed by atoms with Crippen LogP contribution in [0.1, 0.15) is 29.8 Å². The van der Waals surface area contributed by atoms with Crippen molar-refractivity contribution < 1.29 is 14.0 Å². The SMILES string of the molecule is O=C(NCCCN1CCCC1=O)c1cn2ccnc(-c3ccc(F)cc3)c2n1. The number of hydrogen-bond acceptors (Lipinski definition) is 4. The average Bonchev–Trinajstić information content (AvgIpc) is 3.31. The standard InChI is InChI=1S/C20H20FN5O2/c21-15-6-4-14(5-7-15)18-19-24-16(13-26(19)12-9-22-18)20(28)23-8-2-11-25-10-1-3-17(25)27/h4-7,9,12-13H,1-3,8,10-11H2,(H,23,28). The number of carbonyl (C=O) groups is 2. The minimum Gasteiger partial charge on any atom is -0.351 e. The van der Waals surface area contributed by atoms with Gasteiger partial charge in [-0.15, -0.1) is 0 Å². The van der Waals surface area contributed by atoms with Crippen molar-refractivity contribution in [2.75, 3.05) is 19.6 Å². The predicted octanol–water partition coefficient (Wildman–Crippen LogP) is 2.28. The summed E-state index contributed by atoms with van der Waals surface area (Å²) in [6.45, 7) is 1.93. The lowest BCUT2D eigenvalue weighted by Gasteiger charge is -2.14. The lowest BCUT2D eigenvalue weighted by atomic mass is 10.1. The highest BCUT2D eigenvalue weighted by Crippen LogP contribution is 2.22. The van der Waals surface area contributed by atoms with E-state index in [2.05, 4.69) is 15.3 Å². The minimum atomic E-state index is -0.324. The largest absolute Gasteiger partial charge is 0.351 e. The third-order valence-corrected chi connectivity index (χ3v) is 4.79. The fourth-order valence-corrected chi connectivity index (χ4v) is 3.34. The normalized spacial score (nSPS) is 14.0. The number of fused-ring (bicyclic) bond motifs is 1. The maximum atomic E-state index is 13.2. The minimum absolute atomic E-state index is 0.187. The number of carbonyl (C=O) groups excluding carboxylic acids is 2. The van der Waals surface area contributed by atoms with Crippen molar-refractivity contribution in [3.63, 3.8) is 0 Å². The first-order chi connectivity index (χ1) is 13.6. The number of amides is 2. The van der Waals surface area contributed by atoms with Gasteiger partial charge in [0.05, 0.1) is 0 Å². The zero-order valence-corrected chi connectivity index (χ0v) is 15.3. The Labute approximate surface area is 161 Å². The molecule has 7 nitrogen and oxygen atoms in total. The molecule has 1 aromatic carbocycles. The fourth-order valence-electron chi connectivity index (χ4n) is 3.34. The van der Waals surface area contributed by atoms with Gasteiger partial charge in [-0.3, -0.25) is 14.6 Å². The van der Waals surface area contributed by atoms with Crippen LogP contribution in [0.4, 0.5) is 4.39 Å². The Morgan fingerprint density at radius 2 is 2.07 bits per heavy atom. The van der Waals surface area contributed by atoms with Crippen LogP contribution in [-0.4, -0.2) is 50.7 Å². The molecule has 3 aromatic rings. The fraction of sp³-hybridized carbons (Fsp3) is 0.300. The summed E-state index contributed by atoms with van der Waals surface area (Å²) in [6, 6.07) is 5.99. The van der Waals surface area contributed by atoms with E-state index in [0.29, 0.717) is 37.3 Å². The number of imidazole rings is 1. The molecule has 0 unspecified atom stereocenters. The summed E-state index contributed by atoms with van der Waals surface area (Å²) >= 11 is 0. The Kier molecular flexibility index (Phi) is 5.01. The van der Waals surface area contributed by atoms with Gasteiger partial charge in [0.15, 0.2) is 5.65 Å². The van der Waals surface area contributed by atoms with E-state index in [-0.39, 0.29) is 23.3 Å². The molecule has 1 N–H and O–H groups in total. The molecule has 3 heterocycles. The zero-order valence-electron chi connectivity index (χ0n) is 15.3. The average molecular weight is 381 g/mol. The number of nitrogens with zero attached hydrogens (tertiary/aromatic N) is 4. The van der Waals surface area contributed by atoms with Crippen molar-refractivity contribution in [3.8, 4) is 11.3 Å². The van der Waals surface area contributed by atoms with Crippen LogP contribution in [0, 0.1) is 5.82 Å². The maximum absolute atomic E-state index is 13.2. The van der Waals surface area contributed by atoms with Gasteiger partial charge in [0, 0.05) is 50.2 Å². The molecule has 0 spiro atoms. The van der Waals surface area contributed by atoms with E-state index in [0.717, 1.165) is 18.5 Å². The summed E-state index contributed by atoms with van der Waals surface area (Å²) in [7, 11) is 0. The van der Waals surface area contributed by atoms with Gasteiger partial charge in [0.1, 0.15) is 17.2 Å². The van der Waals surface area contributed by atoms with Crippen LogP contribution < -0.4 is 5.32 Å². The smallest absolute Gasteiger partial charge is 0.271 e. The molecule has 0 saturated carbocycles. The molecule has 0 atom stereocenters. The second kappa shape index (κ2) is 7.75. The van der Waals surface area contributed by atoms with Crippen molar-refractivity contribution >= 4 is 17.5 Å². The molecule has 1 fully saturated rings. The molecule has 144 valence electrons. The third-order valence-electron chi connectivity index (χ3n) is 4.79. The summed E-state index contributed by atoms with van der Waals surface area (Å²) in [4.78, 5) is 34.6. The molecular formula is C20H20FN5O2. The number of nitrogens with one attached hydrogen (secondary N) is 1. The van der Waals surface area contributed by atoms with Crippen molar-refractivity contribution in [2.45, 2.75) is 19.3 Å². The topological polar surface area (TPSA) is 79.6 Å². The van der Waals surface area contributed by atoms with Gasteiger partial charge >= 0.3 is 0 Å². The Morgan fingerprint density at radius 1 is 1.25 bits per heavy atom. The van der Waals surface area contributed by atoms with Gasteiger partial charge < -0.3 is 14.6 Å². The summed E-state index contributed by atoms with van der Waals surface area (Å²) in [5.41, 5.74) is 2.12. The number of likely N-dealkylation sites (tertiary alicyclic amines) is 1. The van der Waals surface area contributed by atoms with Gasteiger partial charge in [-0.05, 0) is 37.1 Å². The van der Waals surface area contributed by atoms with Gasteiger partial charge in [-0.25, -0.2) is 9.37 Å². The molecule has 0 radical (unpaired) electrons. The van der Waals surface area contributed by atoms with Crippen LogP contribution in [0.2, 0.25) is 0 Å². The molecule has 28 heavy (non-hydrogen) atoms. The number of hydrogen-bond donors (Lipinski definition) is 1. The Balaban J connectivity index is 1.44. The highest BCUT2D eigenvalue weighted by atomic mass is 19.1. The highest BCUT2D eigenvalue weighted by Gasteiger charge is 2.19. The molecule has 1 saturated heterocycles. The molecule has 0 aliphatic carbocycles. The van der Waals surface area contributed by atoms with Gasteiger partial charge in [-0.1, -0.05) is 0 Å². The first-order valence-electron chi connectivity index (χ1n) is 9.27. The van der Waals surface area contributed by atoms with E-state index in [9.17, 15) is 14.0 Å². The van der Waals surface area contributed by atoms with Crippen LogP contribution in [0.3, 0.4) is 0 Å². The summed E-state index contributed by atoms with van der Waals surface area (Å²) < 4.78 is 14.9. The van der Waals surface area contributed by atoms with Crippen LogP contribution in [0.15, 0.2) is 42.9 Å². The first-order valence-corrected chi connectivity index (χ1v) is 9.27. The molecule has 1 aliphatic rings. The van der Waals surface area contributed by atoms with Crippen molar-refractivity contribution in [1.82, 2.24) is 24.6 Å². The lowest BCUT2D eigenvalue weighted by molar-refractivity contribution is -0.127. The van der Waals surface area contributed by atoms with Gasteiger partial charge in [0.25, 0.3) is 5.91 Å². The first kappa shape index (κ1) is 18.1. The monoisotopic (exact) mass is 381 g/mol. The van der Waals surface area contributed by atoms with Crippen molar-refractivity contribution in [2.24, 2.45) is 0 Å². The van der Waals surface area contributed by atoms with Crippen LogP contribution >= 0.6 is 0 Å². The molecule has 4 rings (SSSR count). The van der Waals surface area contributed by atoms with Crippen molar-refractivity contribution in [1.29, 1.82) is 0 Å². The van der Waals surface area contributed by atoms with E-state index in [4.69, 9.17) is 0 Å². The molecule has 8 heteroatoms. The number of benzene rings is 1. The third kappa shape index (κ3) is 3.71. The molecule has 2 aromatic heterocycles.